The average Bonchev–Trinajstić information content (AvgIpc) is 3.08. The number of benzene rings is 2. The zero-order valence-electron chi connectivity index (χ0n) is 10.7. The van der Waals surface area contributed by atoms with Gasteiger partial charge in [0.2, 0.25) is 0 Å². The SMILES string of the molecule is O=C(O)c1csc(-c2ccc3c4c(cccc24)CC3)c1. The van der Waals surface area contributed by atoms with Crippen LogP contribution in [0.15, 0.2) is 41.8 Å². The summed E-state index contributed by atoms with van der Waals surface area (Å²) in [6.45, 7) is 0. The Balaban J connectivity index is 1.99. The van der Waals surface area contributed by atoms with Gasteiger partial charge >= 0.3 is 5.97 Å². The summed E-state index contributed by atoms with van der Waals surface area (Å²) in [6.07, 6.45) is 2.22. The van der Waals surface area contributed by atoms with Gasteiger partial charge in [0.15, 0.2) is 0 Å². The first-order valence-electron chi connectivity index (χ1n) is 6.60. The topological polar surface area (TPSA) is 37.3 Å². The highest BCUT2D eigenvalue weighted by molar-refractivity contribution is 7.14. The Morgan fingerprint density at radius 3 is 2.65 bits per heavy atom. The van der Waals surface area contributed by atoms with E-state index in [1.54, 1.807) is 11.4 Å². The van der Waals surface area contributed by atoms with Crippen molar-refractivity contribution in [1.29, 1.82) is 0 Å². The third kappa shape index (κ3) is 1.60. The van der Waals surface area contributed by atoms with Crippen molar-refractivity contribution in [2.75, 3.05) is 0 Å². The lowest BCUT2D eigenvalue weighted by atomic mass is 9.99. The molecule has 1 aliphatic carbocycles. The van der Waals surface area contributed by atoms with Gasteiger partial charge in [0.05, 0.1) is 5.56 Å². The van der Waals surface area contributed by atoms with Gasteiger partial charge in [-0.1, -0.05) is 30.3 Å². The van der Waals surface area contributed by atoms with Gasteiger partial charge in [-0.25, -0.2) is 4.79 Å². The Morgan fingerprint density at radius 1 is 1.10 bits per heavy atom. The number of hydrogen-bond donors (Lipinski definition) is 1. The molecule has 98 valence electrons. The van der Waals surface area contributed by atoms with E-state index in [0.717, 1.165) is 23.3 Å². The maximum atomic E-state index is 11.0. The second-order valence-electron chi connectivity index (χ2n) is 5.12. The molecular weight excluding hydrogens is 268 g/mol. The van der Waals surface area contributed by atoms with E-state index in [2.05, 4.69) is 30.3 Å². The third-order valence-electron chi connectivity index (χ3n) is 3.99. The highest BCUT2D eigenvalue weighted by Crippen LogP contribution is 2.38. The molecule has 1 aromatic heterocycles. The van der Waals surface area contributed by atoms with Crippen LogP contribution in [0.1, 0.15) is 21.5 Å². The Morgan fingerprint density at radius 2 is 1.90 bits per heavy atom. The van der Waals surface area contributed by atoms with E-state index < -0.39 is 5.97 Å². The smallest absolute Gasteiger partial charge is 0.336 e. The molecule has 0 amide bonds. The Labute approximate surface area is 120 Å². The predicted molar refractivity (Wildman–Crippen MR) is 81.6 cm³/mol. The fourth-order valence-electron chi connectivity index (χ4n) is 3.05. The monoisotopic (exact) mass is 280 g/mol. The van der Waals surface area contributed by atoms with Crippen molar-refractivity contribution >= 4 is 28.1 Å². The molecule has 3 heteroatoms. The Bertz CT molecular complexity index is 835. The molecule has 0 saturated heterocycles. The molecule has 3 aromatic rings. The first kappa shape index (κ1) is 11.7. The van der Waals surface area contributed by atoms with Crippen LogP contribution in [0.4, 0.5) is 0 Å². The molecule has 20 heavy (non-hydrogen) atoms. The maximum absolute atomic E-state index is 11.0. The first-order valence-corrected chi connectivity index (χ1v) is 7.48. The quantitative estimate of drug-likeness (QED) is 0.757. The van der Waals surface area contributed by atoms with Crippen molar-refractivity contribution in [2.24, 2.45) is 0 Å². The number of carboxylic acids is 1. The molecule has 0 bridgehead atoms. The van der Waals surface area contributed by atoms with Crippen LogP contribution in [0.3, 0.4) is 0 Å². The molecule has 0 aliphatic heterocycles. The fourth-order valence-corrected chi connectivity index (χ4v) is 3.97. The minimum atomic E-state index is -0.863. The van der Waals surface area contributed by atoms with Gasteiger partial charge in [-0.2, -0.15) is 0 Å². The summed E-state index contributed by atoms with van der Waals surface area (Å²) in [5, 5.41) is 13.4. The van der Waals surface area contributed by atoms with Crippen molar-refractivity contribution < 1.29 is 9.90 Å². The number of aryl methyl sites for hydroxylation is 2. The van der Waals surface area contributed by atoms with Crippen LogP contribution in [0.5, 0.6) is 0 Å². The number of rotatable bonds is 2. The van der Waals surface area contributed by atoms with Crippen molar-refractivity contribution in [3.63, 3.8) is 0 Å². The predicted octanol–water partition coefficient (Wildman–Crippen LogP) is 4.37. The summed E-state index contributed by atoms with van der Waals surface area (Å²) in [5.41, 5.74) is 4.34. The largest absolute Gasteiger partial charge is 0.478 e. The molecule has 1 N–H and O–H groups in total. The zero-order chi connectivity index (χ0) is 13.7. The van der Waals surface area contributed by atoms with Crippen molar-refractivity contribution in [1.82, 2.24) is 0 Å². The van der Waals surface area contributed by atoms with Crippen LogP contribution in [-0.2, 0) is 12.8 Å². The average molecular weight is 280 g/mol. The molecule has 0 saturated carbocycles. The van der Waals surface area contributed by atoms with E-state index in [1.165, 1.54) is 33.2 Å². The number of aromatic carboxylic acids is 1. The van der Waals surface area contributed by atoms with Gasteiger partial charge in [0.1, 0.15) is 0 Å². The molecule has 4 rings (SSSR count). The summed E-state index contributed by atoms with van der Waals surface area (Å²) < 4.78 is 0. The minimum Gasteiger partial charge on any atom is -0.478 e. The molecule has 0 radical (unpaired) electrons. The number of hydrogen-bond acceptors (Lipinski definition) is 2. The molecule has 0 atom stereocenters. The molecule has 0 spiro atoms. The van der Waals surface area contributed by atoms with Crippen molar-refractivity contribution in [2.45, 2.75) is 12.8 Å². The van der Waals surface area contributed by atoms with E-state index in [9.17, 15) is 4.79 Å². The summed E-state index contributed by atoms with van der Waals surface area (Å²) >= 11 is 1.50. The number of carboxylic acid groups (broad SMARTS) is 1. The second kappa shape index (κ2) is 4.18. The third-order valence-corrected chi connectivity index (χ3v) is 4.95. The van der Waals surface area contributed by atoms with Crippen molar-refractivity contribution in [3.8, 4) is 10.4 Å². The van der Waals surface area contributed by atoms with E-state index in [-0.39, 0.29) is 0 Å². The Hall–Kier alpha value is -2.13. The van der Waals surface area contributed by atoms with Crippen molar-refractivity contribution in [3.05, 3.63) is 58.5 Å². The Kier molecular flexibility index (Phi) is 2.44. The van der Waals surface area contributed by atoms with Crippen LogP contribution in [-0.4, -0.2) is 11.1 Å². The fraction of sp³-hybridized carbons (Fsp3) is 0.118. The van der Waals surface area contributed by atoms with E-state index in [4.69, 9.17) is 5.11 Å². The van der Waals surface area contributed by atoms with Crippen LogP contribution in [0.25, 0.3) is 21.2 Å². The van der Waals surface area contributed by atoms with Gasteiger partial charge in [-0.3, -0.25) is 0 Å². The summed E-state index contributed by atoms with van der Waals surface area (Å²) in [7, 11) is 0. The molecule has 1 heterocycles. The van der Waals surface area contributed by atoms with E-state index >= 15 is 0 Å². The van der Waals surface area contributed by atoms with Gasteiger partial charge < -0.3 is 5.11 Å². The molecule has 2 nitrogen and oxygen atoms in total. The highest BCUT2D eigenvalue weighted by Gasteiger charge is 2.17. The van der Waals surface area contributed by atoms with E-state index in [0.29, 0.717) is 5.56 Å². The highest BCUT2D eigenvalue weighted by atomic mass is 32.1. The molecule has 0 fully saturated rings. The molecule has 2 aromatic carbocycles. The molecule has 1 aliphatic rings. The first-order chi connectivity index (χ1) is 9.74. The maximum Gasteiger partial charge on any atom is 0.336 e. The van der Waals surface area contributed by atoms with Gasteiger partial charge in [0, 0.05) is 10.3 Å². The van der Waals surface area contributed by atoms with Gasteiger partial charge in [-0.15, -0.1) is 11.3 Å². The summed E-state index contributed by atoms with van der Waals surface area (Å²) in [5.74, 6) is -0.863. The zero-order valence-corrected chi connectivity index (χ0v) is 11.5. The van der Waals surface area contributed by atoms with Crippen LogP contribution >= 0.6 is 11.3 Å². The second-order valence-corrected chi connectivity index (χ2v) is 6.03. The van der Waals surface area contributed by atoms with Crippen LogP contribution < -0.4 is 0 Å². The van der Waals surface area contributed by atoms with E-state index in [1.807, 2.05) is 0 Å². The lowest BCUT2D eigenvalue weighted by Crippen LogP contribution is -1.91. The number of thiophene rings is 1. The van der Waals surface area contributed by atoms with Crippen LogP contribution in [0.2, 0.25) is 0 Å². The molecule has 0 unspecified atom stereocenters. The number of carbonyl (C=O) groups is 1. The van der Waals surface area contributed by atoms with Gasteiger partial charge in [0.25, 0.3) is 0 Å². The van der Waals surface area contributed by atoms with Crippen LogP contribution in [0, 0.1) is 0 Å². The summed E-state index contributed by atoms with van der Waals surface area (Å²) in [4.78, 5) is 12.1. The normalized spacial score (nSPS) is 13.0. The standard InChI is InChI=1S/C17H12O2S/c18-17(19)12-8-15(20-9-12)13-7-6-11-5-4-10-2-1-3-14(13)16(10)11/h1-3,6-9H,4-5H2,(H,18,19). The lowest BCUT2D eigenvalue weighted by Gasteiger charge is -2.07. The lowest BCUT2D eigenvalue weighted by molar-refractivity contribution is 0.0697. The van der Waals surface area contributed by atoms with Gasteiger partial charge in [-0.05, 0) is 46.4 Å². The minimum absolute atomic E-state index is 0.369. The molecular formula is C17H12O2S. The summed E-state index contributed by atoms with van der Waals surface area (Å²) in [6, 6.07) is 12.5.